The number of likely N-dealkylation sites (tertiary alicyclic amines) is 2. The molecule has 4 atom stereocenters. The predicted octanol–water partition coefficient (Wildman–Crippen LogP) is 6.91. The zero-order valence-electron chi connectivity index (χ0n) is 33.1. The Morgan fingerprint density at radius 3 is 1.70 bits per heavy atom. The number of nitrogens with zero attached hydrogens (tertiary/aromatic N) is 5. The van der Waals surface area contributed by atoms with Crippen molar-refractivity contribution in [3.8, 4) is 33.6 Å². The molecule has 5 aromatic rings. The van der Waals surface area contributed by atoms with Gasteiger partial charge in [-0.25, -0.2) is 14.8 Å². The third-order valence-corrected chi connectivity index (χ3v) is 11.3. The lowest BCUT2D eigenvalue weighted by atomic mass is 10.0. The second-order valence-corrected chi connectivity index (χ2v) is 14.6. The first kappa shape index (κ1) is 39.4. The first-order valence-electron chi connectivity index (χ1n) is 19.9. The molecule has 2 saturated heterocycles. The minimum absolute atomic E-state index is 0.0377. The lowest BCUT2D eigenvalue weighted by Gasteiger charge is -2.34. The molecule has 0 saturated carbocycles. The summed E-state index contributed by atoms with van der Waals surface area (Å²) in [6.45, 7) is 7.11. The highest BCUT2D eigenvalue weighted by Gasteiger charge is 2.39. The van der Waals surface area contributed by atoms with E-state index in [0.717, 1.165) is 83.8 Å². The van der Waals surface area contributed by atoms with Crippen LogP contribution in [0.25, 0.3) is 33.6 Å². The molecule has 3 N–H and O–H groups in total. The van der Waals surface area contributed by atoms with Crippen LogP contribution in [0.5, 0.6) is 0 Å². The fourth-order valence-corrected chi connectivity index (χ4v) is 8.25. The van der Waals surface area contributed by atoms with Gasteiger partial charge in [0.15, 0.2) is 0 Å². The summed E-state index contributed by atoms with van der Waals surface area (Å²) in [4.78, 5) is 61.9. The van der Waals surface area contributed by atoms with Crippen molar-refractivity contribution in [1.29, 1.82) is 0 Å². The van der Waals surface area contributed by atoms with Gasteiger partial charge in [-0.3, -0.25) is 14.5 Å². The van der Waals surface area contributed by atoms with E-state index in [1.807, 2.05) is 29.3 Å². The number of rotatable bonds is 14. The topological polar surface area (TPSA) is 149 Å². The number of imidazole rings is 2. The average Bonchev–Trinajstić information content (AvgIpc) is 4.10. The third kappa shape index (κ3) is 8.49. The SMILES string of the molecule is CCN(CC)[C@@H](C(=O)N1CCC[C@H]1c1ncc(-c2ccc(-c3ccc(-c4cnc([C@@H]5CCCN5C(=O)[C@H](COC)NC(=O)OC)[nH]4)cc3)cc2)[nH]1)c1ccccc1. The maximum Gasteiger partial charge on any atom is 0.407 e. The predicted molar refractivity (Wildman–Crippen MR) is 218 cm³/mol. The number of hydrogen-bond acceptors (Lipinski definition) is 8. The van der Waals surface area contributed by atoms with Crippen molar-refractivity contribution in [3.63, 3.8) is 0 Å². The summed E-state index contributed by atoms with van der Waals surface area (Å²) in [5, 5.41) is 2.58. The Hall–Kier alpha value is -5.79. The van der Waals surface area contributed by atoms with Gasteiger partial charge < -0.3 is 34.6 Å². The molecule has 2 fully saturated rings. The van der Waals surface area contributed by atoms with E-state index in [0.29, 0.717) is 18.9 Å². The highest BCUT2D eigenvalue weighted by Crippen LogP contribution is 2.36. The first-order valence-corrected chi connectivity index (χ1v) is 19.9. The van der Waals surface area contributed by atoms with Gasteiger partial charge in [-0.05, 0) is 66.6 Å². The van der Waals surface area contributed by atoms with Crippen LogP contribution in [0.15, 0.2) is 91.3 Å². The normalized spacial score (nSPS) is 17.8. The highest BCUT2D eigenvalue weighted by molar-refractivity contribution is 5.86. The number of aromatic nitrogens is 4. The first-order chi connectivity index (χ1) is 27.8. The van der Waals surface area contributed by atoms with E-state index < -0.39 is 12.1 Å². The van der Waals surface area contributed by atoms with Gasteiger partial charge in [0.05, 0.1) is 49.6 Å². The van der Waals surface area contributed by atoms with Crippen molar-refractivity contribution < 1.29 is 23.9 Å². The fourth-order valence-electron chi connectivity index (χ4n) is 8.25. The number of amides is 3. The van der Waals surface area contributed by atoms with Crippen molar-refractivity contribution in [2.45, 2.75) is 63.7 Å². The molecular weight excluding hydrogens is 721 g/mol. The molecule has 3 amide bonds. The largest absolute Gasteiger partial charge is 0.453 e. The lowest BCUT2D eigenvalue weighted by Crippen LogP contribution is -2.50. The standard InChI is InChI=1S/C44H52N8O5/c1-5-50(6-2)39(33-12-8-7-9-13-33)43(54)52-25-11-15-38(52)41-46-27-35(48-41)32-22-18-30(19-23-32)29-16-20-31(21-17-29)34-26-45-40(47-34)37-14-10-24-51(37)42(53)36(28-56-3)49-44(55)57-4/h7-9,12-13,16-23,26-27,36-39H,5-6,10-11,14-15,24-25,28H2,1-4H3,(H,45,47)(H,46,48)(H,49,55)/t36-,37-,38-,39+/m0/s1. The minimum atomic E-state index is -0.854. The van der Waals surface area contributed by atoms with Crippen molar-refractivity contribution in [2.75, 3.05) is 47.0 Å². The molecule has 2 aromatic heterocycles. The second kappa shape index (κ2) is 18.0. The number of carbonyl (C=O) groups is 3. The van der Waals surface area contributed by atoms with Crippen LogP contribution in [0.1, 0.15) is 74.9 Å². The highest BCUT2D eigenvalue weighted by atomic mass is 16.5. The van der Waals surface area contributed by atoms with Crippen molar-refractivity contribution >= 4 is 17.9 Å². The molecule has 2 aliphatic rings. The Morgan fingerprint density at radius 1 is 0.737 bits per heavy atom. The number of carbonyl (C=O) groups excluding carboxylic acids is 3. The van der Waals surface area contributed by atoms with Crippen LogP contribution >= 0.6 is 0 Å². The number of methoxy groups -OCH3 is 2. The van der Waals surface area contributed by atoms with Gasteiger partial charge in [-0.2, -0.15) is 0 Å². The molecule has 4 heterocycles. The minimum Gasteiger partial charge on any atom is -0.453 e. The number of H-pyrrole nitrogens is 2. The van der Waals surface area contributed by atoms with E-state index in [1.54, 1.807) is 11.1 Å². The summed E-state index contributed by atoms with van der Waals surface area (Å²) in [6, 6.07) is 25.3. The van der Waals surface area contributed by atoms with E-state index in [9.17, 15) is 14.4 Å². The summed E-state index contributed by atoms with van der Waals surface area (Å²) in [5.41, 5.74) is 6.95. The molecule has 7 rings (SSSR count). The molecular formula is C44H52N8O5. The van der Waals surface area contributed by atoms with Crippen molar-refractivity contribution in [2.24, 2.45) is 0 Å². The number of aromatic amines is 2. The molecule has 0 spiro atoms. The van der Waals surface area contributed by atoms with Crippen molar-refractivity contribution in [3.05, 3.63) is 108 Å². The number of ether oxygens (including phenoxy) is 2. The Morgan fingerprint density at radius 2 is 1.23 bits per heavy atom. The van der Waals surface area contributed by atoms with Crippen LogP contribution in [0.4, 0.5) is 4.79 Å². The van der Waals surface area contributed by atoms with Crippen LogP contribution in [0.2, 0.25) is 0 Å². The number of nitrogens with one attached hydrogen (secondary N) is 3. The van der Waals surface area contributed by atoms with Gasteiger partial charge in [-0.15, -0.1) is 0 Å². The third-order valence-electron chi connectivity index (χ3n) is 11.3. The Kier molecular flexibility index (Phi) is 12.4. The Balaban J connectivity index is 1.01. The van der Waals surface area contributed by atoms with Crippen LogP contribution < -0.4 is 5.32 Å². The van der Waals surface area contributed by atoms with Gasteiger partial charge in [0.2, 0.25) is 11.8 Å². The van der Waals surface area contributed by atoms with E-state index in [2.05, 4.69) is 99.7 Å². The monoisotopic (exact) mass is 772 g/mol. The zero-order valence-corrected chi connectivity index (χ0v) is 33.1. The summed E-state index contributed by atoms with van der Waals surface area (Å²) in [5.74, 6) is 1.42. The van der Waals surface area contributed by atoms with Gasteiger partial charge in [0.1, 0.15) is 23.7 Å². The number of hydrogen-bond donors (Lipinski definition) is 3. The van der Waals surface area contributed by atoms with Gasteiger partial charge in [0.25, 0.3) is 0 Å². The number of alkyl carbamates (subject to hydrolysis) is 1. The molecule has 57 heavy (non-hydrogen) atoms. The smallest absolute Gasteiger partial charge is 0.407 e. The summed E-state index contributed by atoms with van der Waals surface area (Å²) < 4.78 is 9.91. The molecule has 0 radical (unpaired) electrons. The molecule has 0 aliphatic carbocycles. The second-order valence-electron chi connectivity index (χ2n) is 14.6. The van der Waals surface area contributed by atoms with Gasteiger partial charge in [-0.1, -0.05) is 92.7 Å². The van der Waals surface area contributed by atoms with E-state index in [4.69, 9.17) is 14.5 Å². The molecule has 3 aromatic carbocycles. The van der Waals surface area contributed by atoms with Crippen LogP contribution in [0, 0.1) is 0 Å². The Bertz CT molecular complexity index is 2110. The Labute approximate surface area is 333 Å². The van der Waals surface area contributed by atoms with E-state index in [-0.39, 0.29) is 36.5 Å². The molecule has 0 bridgehead atoms. The number of benzene rings is 3. The average molecular weight is 773 g/mol. The zero-order chi connectivity index (χ0) is 39.9. The maximum atomic E-state index is 14.2. The van der Waals surface area contributed by atoms with Gasteiger partial charge >= 0.3 is 6.09 Å². The molecule has 0 unspecified atom stereocenters. The maximum absolute atomic E-state index is 14.2. The molecule has 298 valence electrons. The van der Waals surface area contributed by atoms with Crippen LogP contribution in [-0.2, 0) is 19.1 Å². The molecule has 13 nitrogen and oxygen atoms in total. The molecule has 13 heteroatoms. The molecule has 2 aliphatic heterocycles. The van der Waals surface area contributed by atoms with E-state index in [1.165, 1.54) is 14.2 Å². The van der Waals surface area contributed by atoms with Crippen molar-refractivity contribution in [1.82, 2.24) is 40.0 Å². The summed E-state index contributed by atoms with van der Waals surface area (Å²) in [7, 11) is 2.75. The van der Waals surface area contributed by atoms with Gasteiger partial charge in [0, 0.05) is 20.2 Å². The van der Waals surface area contributed by atoms with Crippen LogP contribution in [0.3, 0.4) is 0 Å². The number of likely N-dealkylation sites (N-methyl/N-ethyl adjacent to an activating group) is 1. The summed E-state index contributed by atoms with van der Waals surface area (Å²) >= 11 is 0. The fraction of sp³-hybridized carbons (Fsp3) is 0.386. The van der Waals surface area contributed by atoms with Crippen LogP contribution in [-0.4, -0.2) is 106 Å². The lowest BCUT2D eigenvalue weighted by molar-refractivity contribution is -0.138. The quantitative estimate of drug-likeness (QED) is 0.110. The van der Waals surface area contributed by atoms with E-state index >= 15 is 0 Å². The summed E-state index contributed by atoms with van der Waals surface area (Å²) in [6.07, 6.45) is 6.38.